The van der Waals surface area contributed by atoms with Crippen LogP contribution in [0.5, 0.6) is 0 Å². The normalized spacial score (nSPS) is 52.5. The standard InChI is InChI=1S/C12H20O2/c13-12(4-1-5-14-8-12)11-7-9-2-3-10(11)6-9/h9-11,13H,1-8H2. The molecule has 2 saturated carbocycles. The van der Waals surface area contributed by atoms with Crippen LogP contribution in [0.25, 0.3) is 0 Å². The highest BCUT2D eigenvalue weighted by molar-refractivity contribution is 5.00. The lowest BCUT2D eigenvalue weighted by atomic mass is 9.74. The van der Waals surface area contributed by atoms with Crippen molar-refractivity contribution in [3.8, 4) is 0 Å². The molecule has 3 rings (SSSR count). The van der Waals surface area contributed by atoms with Crippen LogP contribution in [0.15, 0.2) is 0 Å². The fourth-order valence-electron chi connectivity index (χ4n) is 4.00. The van der Waals surface area contributed by atoms with E-state index >= 15 is 0 Å². The van der Waals surface area contributed by atoms with E-state index in [0.29, 0.717) is 12.5 Å². The van der Waals surface area contributed by atoms with Gasteiger partial charge in [0.05, 0.1) is 12.2 Å². The first-order chi connectivity index (χ1) is 6.78. The molecule has 0 amide bonds. The van der Waals surface area contributed by atoms with Gasteiger partial charge in [0.1, 0.15) is 0 Å². The van der Waals surface area contributed by atoms with Crippen molar-refractivity contribution < 1.29 is 9.84 Å². The summed E-state index contributed by atoms with van der Waals surface area (Å²) < 4.78 is 5.46. The van der Waals surface area contributed by atoms with Crippen molar-refractivity contribution in [1.82, 2.24) is 0 Å². The van der Waals surface area contributed by atoms with Crippen molar-refractivity contribution in [2.75, 3.05) is 13.2 Å². The summed E-state index contributed by atoms with van der Waals surface area (Å²) in [4.78, 5) is 0. The summed E-state index contributed by atoms with van der Waals surface area (Å²) in [6, 6.07) is 0. The van der Waals surface area contributed by atoms with Gasteiger partial charge in [-0.05, 0) is 49.9 Å². The highest BCUT2D eigenvalue weighted by Gasteiger charge is 2.50. The van der Waals surface area contributed by atoms with Crippen molar-refractivity contribution in [3.05, 3.63) is 0 Å². The molecule has 2 bridgehead atoms. The summed E-state index contributed by atoms with van der Waals surface area (Å²) in [5.41, 5.74) is -0.460. The largest absolute Gasteiger partial charge is 0.387 e. The summed E-state index contributed by atoms with van der Waals surface area (Å²) in [6.07, 6.45) is 7.44. The molecule has 2 aliphatic carbocycles. The Labute approximate surface area is 85.6 Å². The van der Waals surface area contributed by atoms with Crippen LogP contribution in [0, 0.1) is 17.8 Å². The van der Waals surface area contributed by atoms with E-state index in [1.807, 2.05) is 0 Å². The van der Waals surface area contributed by atoms with Gasteiger partial charge in [-0.2, -0.15) is 0 Å². The Kier molecular flexibility index (Phi) is 2.10. The van der Waals surface area contributed by atoms with E-state index in [-0.39, 0.29) is 0 Å². The molecule has 0 aromatic carbocycles. The van der Waals surface area contributed by atoms with Gasteiger partial charge in [-0.25, -0.2) is 0 Å². The first-order valence-electron chi connectivity index (χ1n) is 6.08. The Morgan fingerprint density at radius 3 is 2.71 bits per heavy atom. The van der Waals surface area contributed by atoms with Gasteiger partial charge in [0, 0.05) is 6.61 Å². The van der Waals surface area contributed by atoms with Gasteiger partial charge in [-0.3, -0.25) is 0 Å². The molecule has 14 heavy (non-hydrogen) atoms. The van der Waals surface area contributed by atoms with Crippen molar-refractivity contribution in [2.24, 2.45) is 17.8 Å². The van der Waals surface area contributed by atoms with Crippen molar-refractivity contribution in [2.45, 2.75) is 44.1 Å². The SMILES string of the molecule is OC1(C2CC3CCC2C3)CCCOC1. The van der Waals surface area contributed by atoms with Crippen LogP contribution in [0.4, 0.5) is 0 Å². The monoisotopic (exact) mass is 196 g/mol. The van der Waals surface area contributed by atoms with Gasteiger partial charge >= 0.3 is 0 Å². The molecular weight excluding hydrogens is 176 g/mol. The topological polar surface area (TPSA) is 29.5 Å². The van der Waals surface area contributed by atoms with E-state index in [1.165, 1.54) is 25.7 Å². The molecule has 4 unspecified atom stereocenters. The zero-order valence-electron chi connectivity index (χ0n) is 8.74. The second-order valence-corrected chi connectivity index (χ2v) is 5.54. The zero-order chi connectivity index (χ0) is 9.60. The minimum atomic E-state index is -0.460. The number of hydrogen-bond donors (Lipinski definition) is 1. The average molecular weight is 196 g/mol. The molecule has 0 spiro atoms. The summed E-state index contributed by atoms with van der Waals surface area (Å²) in [7, 11) is 0. The summed E-state index contributed by atoms with van der Waals surface area (Å²) in [5, 5.41) is 10.6. The molecule has 0 aromatic rings. The van der Waals surface area contributed by atoms with Crippen LogP contribution in [-0.2, 0) is 4.74 Å². The smallest absolute Gasteiger partial charge is 0.0911 e. The van der Waals surface area contributed by atoms with Crippen LogP contribution < -0.4 is 0 Å². The highest BCUT2D eigenvalue weighted by atomic mass is 16.5. The van der Waals surface area contributed by atoms with Crippen molar-refractivity contribution in [3.63, 3.8) is 0 Å². The molecule has 0 aromatic heterocycles. The number of hydrogen-bond acceptors (Lipinski definition) is 2. The average Bonchev–Trinajstić information content (AvgIpc) is 2.80. The third kappa shape index (κ3) is 1.31. The maximum atomic E-state index is 10.6. The fraction of sp³-hybridized carbons (Fsp3) is 1.00. The lowest BCUT2D eigenvalue weighted by molar-refractivity contribution is -0.131. The number of aliphatic hydroxyl groups is 1. The fourth-order valence-corrected chi connectivity index (χ4v) is 4.00. The Bertz CT molecular complexity index is 220. The third-order valence-corrected chi connectivity index (χ3v) is 4.68. The van der Waals surface area contributed by atoms with Gasteiger partial charge in [0.2, 0.25) is 0 Å². The van der Waals surface area contributed by atoms with Crippen LogP contribution in [0.3, 0.4) is 0 Å². The molecule has 4 atom stereocenters. The van der Waals surface area contributed by atoms with Gasteiger partial charge < -0.3 is 9.84 Å². The van der Waals surface area contributed by atoms with Gasteiger partial charge in [0.25, 0.3) is 0 Å². The Hall–Kier alpha value is -0.0800. The molecule has 0 radical (unpaired) electrons. The molecule has 1 saturated heterocycles. The lowest BCUT2D eigenvalue weighted by Crippen LogP contribution is -2.47. The molecule has 80 valence electrons. The maximum Gasteiger partial charge on any atom is 0.0911 e. The predicted molar refractivity (Wildman–Crippen MR) is 53.9 cm³/mol. The van der Waals surface area contributed by atoms with Gasteiger partial charge in [-0.1, -0.05) is 6.42 Å². The molecule has 1 heterocycles. The molecule has 1 aliphatic heterocycles. The van der Waals surface area contributed by atoms with Crippen LogP contribution >= 0.6 is 0 Å². The molecule has 3 fully saturated rings. The number of ether oxygens (including phenoxy) is 1. The summed E-state index contributed by atoms with van der Waals surface area (Å²) >= 11 is 0. The molecule has 3 aliphatic rings. The van der Waals surface area contributed by atoms with Crippen LogP contribution in [0.1, 0.15) is 38.5 Å². The minimum Gasteiger partial charge on any atom is -0.387 e. The van der Waals surface area contributed by atoms with E-state index in [2.05, 4.69) is 0 Å². The second-order valence-electron chi connectivity index (χ2n) is 5.54. The zero-order valence-corrected chi connectivity index (χ0v) is 8.74. The van der Waals surface area contributed by atoms with Gasteiger partial charge in [0.15, 0.2) is 0 Å². The number of rotatable bonds is 1. The Morgan fingerprint density at radius 2 is 2.14 bits per heavy atom. The van der Waals surface area contributed by atoms with E-state index in [4.69, 9.17) is 4.74 Å². The van der Waals surface area contributed by atoms with E-state index in [1.54, 1.807) is 0 Å². The summed E-state index contributed by atoms with van der Waals surface area (Å²) in [6.45, 7) is 1.45. The summed E-state index contributed by atoms with van der Waals surface area (Å²) in [5.74, 6) is 2.30. The van der Waals surface area contributed by atoms with Crippen LogP contribution in [0.2, 0.25) is 0 Å². The second kappa shape index (κ2) is 3.21. The van der Waals surface area contributed by atoms with Crippen molar-refractivity contribution in [1.29, 1.82) is 0 Å². The van der Waals surface area contributed by atoms with Gasteiger partial charge in [-0.15, -0.1) is 0 Å². The Morgan fingerprint density at radius 1 is 1.21 bits per heavy atom. The minimum absolute atomic E-state index is 0.460. The first-order valence-corrected chi connectivity index (χ1v) is 6.08. The molecule has 1 N–H and O–H groups in total. The molecular formula is C12H20O2. The predicted octanol–water partition coefficient (Wildman–Crippen LogP) is 1.96. The maximum absolute atomic E-state index is 10.6. The first kappa shape index (κ1) is 9.17. The highest BCUT2D eigenvalue weighted by Crippen LogP contribution is 2.53. The van der Waals surface area contributed by atoms with E-state index < -0.39 is 5.60 Å². The quantitative estimate of drug-likeness (QED) is 0.694. The van der Waals surface area contributed by atoms with Crippen molar-refractivity contribution >= 4 is 0 Å². The van der Waals surface area contributed by atoms with Crippen LogP contribution in [-0.4, -0.2) is 23.9 Å². The Balaban J connectivity index is 1.74. The molecule has 2 heteroatoms. The lowest BCUT2D eigenvalue weighted by Gasteiger charge is -2.41. The molecule has 2 nitrogen and oxygen atoms in total. The van der Waals surface area contributed by atoms with E-state index in [0.717, 1.165) is 31.3 Å². The third-order valence-electron chi connectivity index (χ3n) is 4.68. The number of fused-ring (bicyclic) bond motifs is 2. The van der Waals surface area contributed by atoms with E-state index in [9.17, 15) is 5.11 Å².